The van der Waals surface area contributed by atoms with E-state index in [1.165, 1.54) is 26.4 Å². The molecule has 34 heavy (non-hydrogen) atoms. The molecule has 1 aromatic carbocycles. The van der Waals surface area contributed by atoms with Gasteiger partial charge < -0.3 is 35.2 Å². The molecule has 3 N–H and O–H groups in total. The van der Waals surface area contributed by atoms with Gasteiger partial charge in [-0.05, 0) is 31.9 Å². The molecule has 0 radical (unpaired) electrons. The van der Waals surface area contributed by atoms with Crippen LogP contribution >= 0.6 is 0 Å². The van der Waals surface area contributed by atoms with Gasteiger partial charge in [0, 0.05) is 50.7 Å². The fraction of sp³-hybridized carbons (Fsp3) is 0.625. The Morgan fingerprint density at radius 2 is 1.82 bits per heavy atom. The van der Waals surface area contributed by atoms with Crippen LogP contribution in [0.15, 0.2) is 18.2 Å². The minimum atomic E-state index is -0.422. The van der Waals surface area contributed by atoms with Crippen LogP contribution in [0.4, 0.5) is 15.3 Å². The number of carbonyl (C=O) groups is 3. The summed E-state index contributed by atoms with van der Waals surface area (Å²) in [4.78, 5) is 41.2. The predicted molar refractivity (Wildman–Crippen MR) is 129 cm³/mol. The van der Waals surface area contributed by atoms with Crippen molar-refractivity contribution >= 4 is 23.7 Å². The van der Waals surface area contributed by atoms with E-state index in [1.54, 1.807) is 30.2 Å². The number of hydrogen-bond acceptors (Lipinski definition) is 5. The van der Waals surface area contributed by atoms with E-state index in [1.807, 2.05) is 11.8 Å². The molecule has 1 aliphatic heterocycles. The molecule has 0 bridgehead atoms. The van der Waals surface area contributed by atoms with E-state index < -0.39 is 6.03 Å². The SMILES string of the molecule is COc1ccc(NC(=O)NCCC(=O)N2CCN(C(=O)NC3CCCCC3)C(C)C2)c(OC)c1. The first-order chi connectivity index (χ1) is 16.4. The minimum Gasteiger partial charge on any atom is -0.497 e. The number of urea groups is 2. The zero-order valence-corrected chi connectivity index (χ0v) is 20.4. The summed E-state index contributed by atoms with van der Waals surface area (Å²) in [5.74, 6) is 1.06. The highest BCUT2D eigenvalue weighted by molar-refractivity contribution is 5.91. The number of nitrogens with zero attached hydrogens (tertiary/aromatic N) is 2. The van der Waals surface area contributed by atoms with Crippen molar-refractivity contribution in [1.29, 1.82) is 0 Å². The second kappa shape index (κ2) is 12.3. The van der Waals surface area contributed by atoms with Crippen molar-refractivity contribution in [2.45, 2.75) is 57.5 Å². The third-order valence-corrected chi connectivity index (χ3v) is 6.46. The van der Waals surface area contributed by atoms with E-state index in [0.29, 0.717) is 36.8 Å². The fourth-order valence-corrected chi connectivity index (χ4v) is 4.50. The Morgan fingerprint density at radius 3 is 2.50 bits per heavy atom. The largest absolute Gasteiger partial charge is 0.497 e. The molecule has 0 aromatic heterocycles. The molecule has 1 heterocycles. The molecule has 10 heteroatoms. The summed E-state index contributed by atoms with van der Waals surface area (Å²) < 4.78 is 10.4. The first-order valence-corrected chi connectivity index (χ1v) is 12.0. The molecule has 10 nitrogen and oxygen atoms in total. The topological polar surface area (TPSA) is 112 Å². The van der Waals surface area contributed by atoms with Gasteiger partial charge >= 0.3 is 12.1 Å². The monoisotopic (exact) mass is 475 g/mol. The minimum absolute atomic E-state index is 0.0289. The maximum Gasteiger partial charge on any atom is 0.319 e. The lowest BCUT2D eigenvalue weighted by Crippen LogP contribution is -2.59. The molecular formula is C24H37N5O5. The van der Waals surface area contributed by atoms with Crippen molar-refractivity contribution in [2.24, 2.45) is 0 Å². The zero-order valence-electron chi connectivity index (χ0n) is 20.4. The van der Waals surface area contributed by atoms with E-state index >= 15 is 0 Å². The number of rotatable bonds is 7. The van der Waals surface area contributed by atoms with E-state index in [0.717, 1.165) is 12.8 Å². The molecule has 1 aromatic rings. The Balaban J connectivity index is 1.39. The second-order valence-electron chi connectivity index (χ2n) is 8.86. The molecule has 2 aliphatic rings. The van der Waals surface area contributed by atoms with Gasteiger partial charge in [-0.2, -0.15) is 0 Å². The Labute approximate surface area is 201 Å². The molecule has 188 valence electrons. The van der Waals surface area contributed by atoms with Crippen LogP contribution in [0.25, 0.3) is 0 Å². The average Bonchev–Trinajstić information content (AvgIpc) is 2.84. The van der Waals surface area contributed by atoms with Gasteiger partial charge in [-0.25, -0.2) is 9.59 Å². The summed E-state index contributed by atoms with van der Waals surface area (Å²) in [6.07, 6.45) is 5.86. The Bertz CT molecular complexity index is 858. The van der Waals surface area contributed by atoms with Gasteiger partial charge in [-0.3, -0.25) is 4.79 Å². The number of nitrogens with one attached hydrogen (secondary N) is 3. The summed E-state index contributed by atoms with van der Waals surface area (Å²) >= 11 is 0. The summed E-state index contributed by atoms with van der Waals surface area (Å²) in [5.41, 5.74) is 0.503. The number of ether oxygens (including phenoxy) is 2. The summed E-state index contributed by atoms with van der Waals surface area (Å²) in [6, 6.07) is 4.84. The van der Waals surface area contributed by atoms with Gasteiger partial charge in [0.1, 0.15) is 11.5 Å². The van der Waals surface area contributed by atoms with Crippen molar-refractivity contribution in [3.63, 3.8) is 0 Å². The lowest BCUT2D eigenvalue weighted by molar-refractivity contribution is -0.133. The van der Waals surface area contributed by atoms with Crippen LogP contribution < -0.4 is 25.4 Å². The van der Waals surface area contributed by atoms with E-state index in [-0.39, 0.29) is 37.0 Å². The smallest absolute Gasteiger partial charge is 0.319 e. The molecule has 2 fully saturated rings. The number of anilines is 1. The highest BCUT2D eigenvalue weighted by atomic mass is 16.5. The number of methoxy groups -OCH3 is 2. The number of carbonyl (C=O) groups excluding carboxylic acids is 3. The Hall–Kier alpha value is -3.17. The molecule has 3 rings (SSSR count). The highest BCUT2D eigenvalue weighted by Gasteiger charge is 2.30. The molecule has 1 saturated carbocycles. The molecule has 1 saturated heterocycles. The van der Waals surface area contributed by atoms with Gasteiger partial charge in [0.2, 0.25) is 5.91 Å². The number of benzene rings is 1. The number of amides is 5. The van der Waals surface area contributed by atoms with Gasteiger partial charge in [0.15, 0.2) is 0 Å². The van der Waals surface area contributed by atoms with Crippen molar-refractivity contribution in [2.75, 3.05) is 45.7 Å². The van der Waals surface area contributed by atoms with Crippen LogP contribution in [0, 0.1) is 0 Å². The average molecular weight is 476 g/mol. The summed E-state index contributed by atoms with van der Waals surface area (Å²) in [7, 11) is 3.06. The third kappa shape index (κ3) is 6.91. The first-order valence-electron chi connectivity index (χ1n) is 12.0. The molecule has 5 amide bonds. The van der Waals surface area contributed by atoms with Crippen molar-refractivity contribution < 1.29 is 23.9 Å². The van der Waals surface area contributed by atoms with Gasteiger partial charge in [0.05, 0.1) is 19.9 Å². The Kier molecular flexibility index (Phi) is 9.24. The van der Waals surface area contributed by atoms with E-state index in [4.69, 9.17) is 9.47 Å². The van der Waals surface area contributed by atoms with Crippen molar-refractivity contribution in [3.05, 3.63) is 18.2 Å². The summed E-state index contributed by atoms with van der Waals surface area (Å²) in [6.45, 7) is 3.67. The third-order valence-electron chi connectivity index (χ3n) is 6.46. The van der Waals surface area contributed by atoms with E-state index in [2.05, 4.69) is 16.0 Å². The van der Waals surface area contributed by atoms with Crippen LogP contribution in [0.5, 0.6) is 11.5 Å². The molecule has 0 spiro atoms. The lowest BCUT2D eigenvalue weighted by atomic mass is 9.96. The molecular weight excluding hydrogens is 438 g/mol. The van der Waals surface area contributed by atoms with Gasteiger partial charge in [0.25, 0.3) is 0 Å². The van der Waals surface area contributed by atoms with Crippen LogP contribution in [0.3, 0.4) is 0 Å². The summed E-state index contributed by atoms with van der Waals surface area (Å²) in [5, 5.41) is 8.58. The van der Waals surface area contributed by atoms with Crippen LogP contribution in [0.1, 0.15) is 45.4 Å². The maximum absolute atomic E-state index is 12.7. The first kappa shape index (κ1) is 25.5. The zero-order chi connectivity index (χ0) is 24.5. The van der Waals surface area contributed by atoms with E-state index in [9.17, 15) is 14.4 Å². The normalized spacial score (nSPS) is 18.7. The van der Waals surface area contributed by atoms with Crippen molar-refractivity contribution in [1.82, 2.24) is 20.4 Å². The second-order valence-corrected chi connectivity index (χ2v) is 8.86. The predicted octanol–water partition coefficient (Wildman–Crippen LogP) is 2.79. The van der Waals surface area contributed by atoms with Crippen molar-refractivity contribution in [3.8, 4) is 11.5 Å². The fourth-order valence-electron chi connectivity index (χ4n) is 4.50. The van der Waals surface area contributed by atoms with Crippen LogP contribution in [-0.4, -0.2) is 80.3 Å². The molecule has 1 aliphatic carbocycles. The van der Waals surface area contributed by atoms with Gasteiger partial charge in [-0.1, -0.05) is 19.3 Å². The lowest BCUT2D eigenvalue weighted by Gasteiger charge is -2.40. The standard InChI is InChI=1S/C24H37N5O5/c1-17-16-28(13-14-29(17)24(32)26-18-7-5-4-6-8-18)22(30)11-12-25-23(31)27-20-10-9-19(33-2)15-21(20)34-3/h9-10,15,17-18H,4-8,11-14,16H2,1-3H3,(H,26,32)(H2,25,27,31). The Morgan fingerprint density at radius 1 is 1.06 bits per heavy atom. The van der Waals surface area contributed by atoms with Crippen LogP contribution in [0.2, 0.25) is 0 Å². The molecule has 1 unspecified atom stereocenters. The maximum atomic E-state index is 12.7. The number of piperazine rings is 1. The number of hydrogen-bond donors (Lipinski definition) is 3. The highest BCUT2D eigenvalue weighted by Crippen LogP contribution is 2.28. The van der Waals surface area contributed by atoms with Crippen LogP contribution in [-0.2, 0) is 4.79 Å². The molecule has 1 atom stereocenters. The van der Waals surface area contributed by atoms with Gasteiger partial charge in [-0.15, -0.1) is 0 Å². The quantitative estimate of drug-likeness (QED) is 0.561.